The van der Waals surface area contributed by atoms with Crippen molar-refractivity contribution in [2.75, 3.05) is 0 Å². The normalized spacial score (nSPS) is 11.5. The van der Waals surface area contributed by atoms with Crippen LogP contribution in [0.2, 0.25) is 5.02 Å². The fraction of sp³-hybridized carbons (Fsp3) is 0.125. The fourth-order valence-electron chi connectivity index (χ4n) is 3.27. The summed E-state index contributed by atoms with van der Waals surface area (Å²) < 4.78 is 54.7. The zero-order valence-electron chi connectivity index (χ0n) is 17.9. The number of benzene rings is 3. The van der Waals surface area contributed by atoms with Crippen LogP contribution in [0.15, 0.2) is 78.0 Å². The van der Waals surface area contributed by atoms with Gasteiger partial charge in [0.05, 0.1) is 23.4 Å². The molecule has 0 unspecified atom stereocenters. The second-order valence-electron chi connectivity index (χ2n) is 7.36. The van der Waals surface area contributed by atoms with Crippen LogP contribution in [-0.4, -0.2) is 20.7 Å². The molecule has 35 heavy (non-hydrogen) atoms. The van der Waals surface area contributed by atoms with Gasteiger partial charge in [-0.25, -0.2) is 4.39 Å². The van der Waals surface area contributed by atoms with Crippen molar-refractivity contribution in [1.29, 1.82) is 0 Å². The average Bonchev–Trinajstić information content (AvgIpc) is 3.24. The monoisotopic (exact) mass is 520 g/mol. The summed E-state index contributed by atoms with van der Waals surface area (Å²) in [6.45, 7) is -0.0726. The molecule has 0 radical (unpaired) electrons. The molecule has 0 aliphatic carbocycles. The van der Waals surface area contributed by atoms with Crippen molar-refractivity contribution in [2.24, 2.45) is 0 Å². The van der Waals surface area contributed by atoms with Gasteiger partial charge >= 0.3 is 6.18 Å². The van der Waals surface area contributed by atoms with Crippen LogP contribution in [0.1, 0.15) is 27.3 Å². The van der Waals surface area contributed by atoms with E-state index in [9.17, 15) is 22.4 Å². The van der Waals surface area contributed by atoms with Crippen molar-refractivity contribution in [3.63, 3.8) is 0 Å². The van der Waals surface area contributed by atoms with Gasteiger partial charge in [0.15, 0.2) is 11.0 Å². The lowest BCUT2D eigenvalue weighted by molar-refractivity contribution is -0.137. The van der Waals surface area contributed by atoms with E-state index in [0.717, 1.165) is 12.1 Å². The molecule has 180 valence electrons. The maximum absolute atomic E-state index is 13.9. The summed E-state index contributed by atoms with van der Waals surface area (Å²) in [6, 6.07) is 17.5. The van der Waals surface area contributed by atoms with Crippen LogP contribution in [0.4, 0.5) is 17.6 Å². The van der Waals surface area contributed by atoms with Crippen molar-refractivity contribution in [3.05, 3.63) is 106 Å². The Morgan fingerprint density at radius 3 is 2.51 bits per heavy atom. The first-order chi connectivity index (χ1) is 16.7. The van der Waals surface area contributed by atoms with E-state index in [1.165, 1.54) is 36.0 Å². The first-order valence-electron chi connectivity index (χ1n) is 10.2. The molecular weight excluding hydrogens is 504 g/mol. The van der Waals surface area contributed by atoms with Gasteiger partial charge in [0, 0.05) is 10.8 Å². The van der Waals surface area contributed by atoms with Crippen molar-refractivity contribution in [3.8, 4) is 5.69 Å². The lowest BCUT2D eigenvalue weighted by atomic mass is 10.1. The molecular formula is C24H17ClF4N4OS. The van der Waals surface area contributed by atoms with Gasteiger partial charge in [-0.05, 0) is 42.0 Å². The number of rotatable bonds is 7. The highest BCUT2D eigenvalue weighted by molar-refractivity contribution is 7.98. The number of hydrogen-bond acceptors (Lipinski definition) is 4. The summed E-state index contributed by atoms with van der Waals surface area (Å²) in [5.74, 6) is -0.742. The molecule has 0 fully saturated rings. The van der Waals surface area contributed by atoms with Gasteiger partial charge in [-0.3, -0.25) is 9.36 Å². The van der Waals surface area contributed by atoms with E-state index in [1.54, 1.807) is 41.0 Å². The SMILES string of the molecule is O=C(NCc1nnc(SCc2cccc(C(F)(F)F)c2)n1-c1cccc(Cl)c1)c1ccccc1F. The minimum Gasteiger partial charge on any atom is -0.345 e. The Balaban J connectivity index is 1.58. The number of thioether (sulfide) groups is 1. The standard InChI is InChI=1S/C24H17ClF4N4OS/c25-17-7-4-8-18(12-17)33-21(13-30-22(34)19-9-1-2-10-20(19)26)31-32-23(33)35-14-15-5-3-6-16(11-15)24(27,28)29/h1-12H,13-14H2,(H,30,34). The van der Waals surface area contributed by atoms with E-state index in [0.29, 0.717) is 27.3 Å². The Morgan fingerprint density at radius 2 is 1.77 bits per heavy atom. The van der Waals surface area contributed by atoms with E-state index in [-0.39, 0.29) is 17.9 Å². The van der Waals surface area contributed by atoms with Crippen LogP contribution in [0.5, 0.6) is 0 Å². The van der Waals surface area contributed by atoms with Crippen molar-refractivity contribution in [1.82, 2.24) is 20.1 Å². The summed E-state index contributed by atoms with van der Waals surface area (Å²) in [5.41, 5.74) is 0.216. The Hall–Kier alpha value is -3.37. The van der Waals surface area contributed by atoms with E-state index in [4.69, 9.17) is 11.6 Å². The molecule has 1 aromatic heterocycles. The van der Waals surface area contributed by atoms with Crippen molar-refractivity contribution < 1.29 is 22.4 Å². The third kappa shape index (κ3) is 6.01. The molecule has 0 aliphatic heterocycles. The third-order valence-corrected chi connectivity index (χ3v) is 6.15. The molecule has 1 N–H and O–H groups in total. The number of alkyl halides is 3. The van der Waals surface area contributed by atoms with Gasteiger partial charge in [0.1, 0.15) is 5.82 Å². The Labute approximate surface area is 207 Å². The summed E-state index contributed by atoms with van der Waals surface area (Å²) in [6.07, 6.45) is -4.44. The summed E-state index contributed by atoms with van der Waals surface area (Å²) >= 11 is 7.33. The predicted octanol–water partition coefficient (Wildman–Crippen LogP) is 6.30. The smallest absolute Gasteiger partial charge is 0.345 e. The van der Waals surface area contributed by atoms with Crippen LogP contribution in [0.3, 0.4) is 0 Å². The maximum Gasteiger partial charge on any atom is 0.416 e. The molecule has 0 saturated carbocycles. The van der Waals surface area contributed by atoms with Gasteiger partial charge in [0.2, 0.25) is 0 Å². The van der Waals surface area contributed by atoms with E-state index < -0.39 is 23.5 Å². The molecule has 0 atom stereocenters. The van der Waals surface area contributed by atoms with Crippen LogP contribution >= 0.6 is 23.4 Å². The molecule has 0 bridgehead atoms. The zero-order valence-corrected chi connectivity index (χ0v) is 19.5. The van der Waals surface area contributed by atoms with Crippen LogP contribution < -0.4 is 5.32 Å². The van der Waals surface area contributed by atoms with Gasteiger partial charge < -0.3 is 5.32 Å². The number of aromatic nitrogens is 3. The molecule has 0 saturated heterocycles. The van der Waals surface area contributed by atoms with E-state index in [1.807, 2.05) is 0 Å². The second kappa shape index (κ2) is 10.5. The molecule has 0 spiro atoms. The van der Waals surface area contributed by atoms with E-state index >= 15 is 0 Å². The molecule has 4 rings (SSSR count). The largest absolute Gasteiger partial charge is 0.416 e. The fourth-order valence-corrected chi connectivity index (χ4v) is 4.37. The number of halogens is 5. The van der Waals surface area contributed by atoms with Crippen molar-refractivity contribution >= 4 is 29.3 Å². The third-order valence-electron chi connectivity index (χ3n) is 4.91. The molecule has 1 heterocycles. The topological polar surface area (TPSA) is 59.8 Å². The van der Waals surface area contributed by atoms with Crippen LogP contribution in [-0.2, 0) is 18.5 Å². The molecule has 5 nitrogen and oxygen atoms in total. The predicted molar refractivity (Wildman–Crippen MR) is 125 cm³/mol. The van der Waals surface area contributed by atoms with Crippen LogP contribution in [0.25, 0.3) is 5.69 Å². The second-order valence-corrected chi connectivity index (χ2v) is 8.74. The Morgan fingerprint density at radius 1 is 1.00 bits per heavy atom. The number of carbonyl (C=O) groups excluding carboxylic acids is 1. The summed E-state index contributed by atoms with van der Waals surface area (Å²) in [7, 11) is 0. The highest BCUT2D eigenvalue weighted by atomic mass is 35.5. The molecule has 4 aromatic rings. The molecule has 0 aliphatic rings. The highest BCUT2D eigenvalue weighted by Crippen LogP contribution is 2.32. The van der Waals surface area contributed by atoms with Crippen LogP contribution in [0, 0.1) is 5.82 Å². The van der Waals surface area contributed by atoms with Gasteiger partial charge in [-0.2, -0.15) is 13.2 Å². The zero-order chi connectivity index (χ0) is 25.0. The molecule has 1 amide bonds. The minimum absolute atomic E-state index is 0.0726. The number of nitrogens with zero attached hydrogens (tertiary/aromatic N) is 3. The minimum atomic E-state index is -4.44. The number of hydrogen-bond donors (Lipinski definition) is 1. The number of amides is 1. The first-order valence-corrected chi connectivity index (χ1v) is 11.6. The first kappa shape index (κ1) is 24.7. The lowest BCUT2D eigenvalue weighted by Gasteiger charge is -2.12. The average molecular weight is 521 g/mol. The molecule has 3 aromatic carbocycles. The summed E-state index contributed by atoms with van der Waals surface area (Å²) in [5, 5.41) is 11.8. The van der Waals surface area contributed by atoms with Gasteiger partial charge in [0.25, 0.3) is 5.91 Å². The number of carbonyl (C=O) groups is 1. The van der Waals surface area contributed by atoms with Gasteiger partial charge in [-0.15, -0.1) is 10.2 Å². The quantitative estimate of drug-likeness (QED) is 0.229. The Kier molecular flexibility index (Phi) is 7.42. The maximum atomic E-state index is 13.9. The highest BCUT2D eigenvalue weighted by Gasteiger charge is 2.30. The van der Waals surface area contributed by atoms with Gasteiger partial charge in [-0.1, -0.05) is 59.8 Å². The lowest BCUT2D eigenvalue weighted by Crippen LogP contribution is -2.25. The van der Waals surface area contributed by atoms with Crippen molar-refractivity contribution in [2.45, 2.75) is 23.6 Å². The Bertz CT molecular complexity index is 1360. The molecule has 11 heteroatoms. The number of nitrogens with one attached hydrogen (secondary N) is 1. The van der Waals surface area contributed by atoms with E-state index in [2.05, 4.69) is 15.5 Å². The summed E-state index contributed by atoms with van der Waals surface area (Å²) in [4.78, 5) is 12.4.